The summed E-state index contributed by atoms with van der Waals surface area (Å²) in [6, 6.07) is 17.4. The van der Waals surface area contributed by atoms with E-state index in [1.54, 1.807) is 12.1 Å². The smallest absolute Gasteiger partial charge is 0.339 e. The van der Waals surface area contributed by atoms with Gasteiger partial charge in [0, 0.05) is 22.6 Å². The van der Waals surface area contributed by atoms with Crippen molar-refractivity contribution in [3.8, 4) is 0 Å². The Morgan fingerprint density at radius 2 is 1.75 bits per heavy atom. The molecule has 0 saturated heterocycles. The Bertz CT molecular complexity index is 1460. The van der Waals surface area contributed by atoms with Gasteiger partial charge in [0.05, 0.1) is 11.8 Å². The fourth-order valence-electron chi connectivity index (χ4n) is 3.90. The molecule has 1 aliphatic rings. The standard InChI is InChI=1S/C26H19ClF3N5O/c27-21-14-31-25-33-19-6-1-3-15(11-19)7-8-16-13-20(32-23(21)35-25)9-10-22(16)34-24(36)17-4-2-5-18(12-17)26(28,29)30/h1-6,9-14H,7-8H2,(H,34,36)(H2,31,32,33,35). The van der Waals surface area contributed by atoms with Crippen molar-refractivity contribution >= 4 is 46.3 Å². The van der Waals surface area contributed by atoms with E-state index in [1.165, 1.54) is 18.3 Å². The van der Waals surface area contributed by atoms with E-state index < -0.39 is 17.6 Å². The molecule has 0 atom stereocenters. The Labute approximate surface area is 209 Å². The van der Waals surface area contributed by atoms with Crippen molar-refractivity contribution < 1.29 is 18.0 Å². The van der Waals surface area contributed by atoms with Crippen LogP contribution in [-0.2, 0) is 19.0 Å². The highest BCUT2D eigenvalue weighted by Gasteiger charge is 2.31. The summed E-state index contributed by atoms with van der Waals surface area (Å²) in [5.74, 6) is 0.149. The van der Waals surface area contributed by atoms with Crippen molar-refractivity contribution in [3.05, 3.63) is 100 Å². The van der Waals surface area contributed by atoms with Gasteiger partial charge in [-0.25, -0.2) is 4.98 Å². The number of hydrogen-bond donors (Lipinski definition) is 3. The number of halogens is 4. The average molecular weight is 510 g/mol. The number of nitrogens with zero attached hydrogens (tertiary/aromatic N) is 2. The second kappa shape index (κ2) is 9.50. The zero-order valence-corrected chi connectivity index (χ0v) is 19.4. The molecule has 1 amide bonds. The normalized spacial score (nSPS) is 12.8. The van der Waals surface area contributed by atoms with Gasteiger partial charge in [0.25, 0.3) is 5.91 Å². The van der Waals surface area contributed by atoms with Crippen LogP contribution < -0.4 is 16.0 Å². The van der Waals surface area contributed by atoms with Gasteiger partial charge in [0.15, 0.2) is 5.82 Å². The number of aromatic nitrogens is 2. The molecule has 0 radical (unpaired) electrons. The molecule has 3 N–H and O–H groups in total. The minimum absolute atomic E-state index is 0.0806. The molecule has 36 heavy (non-hydrogen) atoms. The lowest BCUT2D eigenvalue weighted by Crippen LogP contribution is -2.15. The number of anilines is 5. The Balaban J connectivity index is 1.49. The molecule has 0 aliphatic carbocycles. The second-order valence-corrected chi connectivity index (χ2v) is 8.65. The zero-order chi connectivity index (χ0) is 25.3. The third kappa shape index (κ3) is 5.26. The number of nitrogens with one attached hydrogen (secondary N) is 3. The van der Waals surface area contributed by atoms with Gasteiger partial charge in [-0.15, -0.1) is 0 Å². The first-order valence-electron chi connectivity index (χ1n) is 11.0. The lowest BCUT2D eigenvalue weighted by atomic mass is 10.0. The Morgan fingerprint density at radius 3 is 2.58 bits per heavy atom. The number of hydrogen-bond acceptors (Lipinski definition) is 5. The lowest BCUT2D eigenvalue weighted by Gasteiger charge is -2.15. The second-order valence-electron chi connectivity index (χ2n) is 8.25. The number of carbonyl (C=O) groups is 1. The number of carbonyl (C=O) groups excluding carboxylic acids is 1. The van der Waals surface area contributed by atoms with Crippen molar-refractivity contribution in [2.75, 3.05) is 16.0 Å². The molecule has 3 aromatic carbocycles. The number of rotatable bonds is 2. The van der Waals surface area contributed by atoms with Gasteiger partial charge in [-0.05, 0) is 72.5 Å². The molecular weight excluding hydrogens is 491 g/mol. The van der Waals surface area contributed by atoms with E-state index in [4.69, 9.17) is 11.6 Å². The summed E-state index contributed by atoms with van der Waals surface area (Å²) in [5.41, 5.74) is 2.87. The topological polar surface area (TPSA) is 78.9 Å². The van der Waals surface area contributed by atoms with Crippen LogP contribution in [0.1, 0.15) is 27.0 Å². The summed E-state index contributed by atoms with van der Waals surface area (Å²) in [7, 11) is 0. The molecule has 6 nitrogen and oxygen atoms in total. The number of alkyl halides is 3. The molecule has 4 aromatic rings. The van der Waals surface area contributed by atoms with Crippen LogP contribution >= 0.6 is 11.6 Å². The summed E-state index contributed by atoms with van der Waals surface area (Å²) in [4.78, 5) is 21.5. The van der Waals surface area contributed by atoms with Gasteiger partial charge in [-0.1, -0.05) is 29.8 Å². The fourth-order valence-corrected chi connectivity index (χ4v) is 4.03. The van der Waals surface area contributed by atoms with Crippen molar-refractivity contribution in [1.29, 1.82) is 0 Å². The van der Waals surface area contributed by atoms with E-state index in [-0.39, 0.29) is 5.56 Å². The monoisotopic (exact) mass is 509 g/mol. The Morgan fingerprint density at radius 1 is 0.944 bits per heavy atom. The van der Waals surface area contributed by atoms with Crippen molar-refractivity contribution in [3.63, 3.8) is 0 Å². The lowest BCUT2D eigenvalue weighted by molar-refractivity contribution is -0.137. The molecule has 0 saturated carbocycles. The van der Waals surface area contributed by atoms with E-state index in [2.05, 4.69) is 25.9 Å². The minimum Gasteiger partial charge on any atom is -0.339 e. The predicted molar refractivity (Wildman–Crippen MR) is 133 cm³/mol. The van der Waals surface area contributed by atoms with Gasteiger partial charge < -0.3 is 16.0 Å². The van der Waals surface area contributed by atoms with Crippen LogP contribution in [0.15, 0.2) is 72.9 Å². The maximum absolute atomic E-state index is 13.1. The molecule has 0 spiro atoms. The summed E-state index contributed by atoms with van der Waals surface area (Å²) in [5, 5.41) is 9.44. The maximum atomic E-state index is 13.1. The highest BCUT2D eigenvalue weighted by Crippen LogP contribution is 2.31. The molecule has 0 fully saturated rings. The largest absolute Gasteiger partial charge is 0.416 e. The summed E-state index contributed by atoms with van der Waals surface area (Å²) >= 11 is 6.29. The van der Waals surface area contributed by atoms with Gasteiger partial charge in [0.2, 0.25) is 5.95 Å². The molecule has 5 rings (SSSR count). The van der Waals surface area contributed by atoms with Crippen LogP contribution in [0.25, 0.3) is 0 Å². The zero-order valence-electron chi connectivity index (χ0n) is 18.7. The van der Waals surface area contributed by atoms with Crippen LogP contribution in [-0.4, -0.2) is 15.9 Å². The van der Waals surface area contributed by atoms with E-state index in [1.807, 2.05) is 30.3 Å². The van der Waals surface area contributed by atoms with Gasteiger partial charge in [-0.2, -0.15) is 18.2 Å². The van der Waals surface area contributed by atoms with Crippen LogP contribution in [0.3, 0.4) is 0 Å². The first-order chi connectivity index (χ1) is 17.2. The Kier molecular flexibility index (Phi) is 6.24. The summed E-state index contributed by atoms with van der Waals surface area (Å²) in [6.45, 7) is 0. The van der Waals surface area contributed by atoms with E-state index in [0.29, 0.717) is 41.0 Å². The number of aryl methyl sites for hydroxylation is 2. The van der Waals surface area contributed by atoms with Crippen LogP contribution in [0.2, 0.25) is 5.02 Å². The van der Waals surface area contributed by atoms with Gasteiger partial charge >= 0.3 is 6.18 Å². The van der Waals surface area contributed by atoms with E-state index in [0.717, 1.165) is 28.9 Å². The molecule has 1 aliphatic heterocycles. The minimum atomic E-state index is -4.54. The highest BCUT2D eigenvalue weighted by atomic mass is 35.5. The predicted octanol–water partition coefficient (Wildman–Crippen LogP) is 6.99. The van der Waals surface area contributed by atoms with Crippen molar-refractivity contribution in [2.45, 2.75) is 19.0 Å². The number of amides is 1. The van der Waals surface area contributed by atoms with Crippen LogP contribution in [0, 0.1) is 0 Å². The van der Waals surface area contributed by atoms with E-state index >= 15 is 0 Å². The highest BCUT2D eigenvalue weighted by molar-refractivity contribution is 6.32. The Hall–Kier alpha value is -4.11. The third-order valence-corrected chi connectivity index (χ3v) is 5.96. The summed E-state index contributed by atoms with van der Waals surface area (Å²) < 4.78 is 39.3. The van der Waals surface area contributed by atoms with Crippen LogP contribution in [0.4, 0.5) is 42.0 Å². The maximum Gasteiger partial charge on any atom is 0.416 e. The van der Waals surface area contributed by atoms with E-state index in [9.17, 15) is 18.0 Å². The van der Waals surface area contributed by atoms with Crippen molar-refractivity contribution in [1.82, 2.24) is 9.97 Å². The molecule has 1 aromatic heterocycles. The van der Waals surface area contributed by atoms with Crippen LogP contribution in [0.5, 0.6) is 0 Å². The molecule has 10 heteroatoms. The number of benzene rings is 3. The molecule has 6 bridgehead atoms. The quantitative estimate of drug-likeness (QED) is 0.271. The van der Waals surface area contributed by atoms with Crippen molar-refractivity contribution in [2.24, 2.45) is 0 Å². The molecule has 0 unspecified atom stereocenters. The van der Waals surface area contributed by atoms with Gasteiger partial charge in [0.1, 0.15) is 5.02 Å². The first-order valence-corrected chi connectivity index (χ1v) is 11.4. The molecular formula is C26H19ClF3N5O. The fraction of sp³-hybridized carbons (Fsp3) is 0.115. The van der Waals surface area contributed by atoms with Gasteiger partial charge in [-0.3, -0.25) is 4.79 Å². The summed E-state index contributed by atoms with van der Waals surface area (Å²) in [6.07, 6.45) is -1.82. The molecule has 2 heterocycles. The first kappa shape index (κ1) is 23.6. The average Bonchev–Trinajstić information content (AvgIpc) is 2.86. The SMILES string of the molecule is O=C(Nc1ccc2cc1CCc1cccc(c1)Nc1ncc(Cl)c(n1)N2)c1cccc(C(F)(F)F)c1. The number of fused-ring (bicyclic) bond motifs is 6. The molecule has 182 valence electrons. The third-order valence-electron chi connectivity index (χ3n) is 5.68.